The highest BCUT2D eigenvalue weighted by molar-refractivity contribution is 5.95. The van der Waals surface area contributed by atoms with Gasteiger partial charge in [0.25, 0.3) is 5.91 Å². The lowest BCUT2D eigenvalue weighted by molar-refractivity contribution is 0.0922. The molecular weight excluding hydrogens is 300 g/mol. The van der Waals surface area contributed by atoms with Crippen molar-refractivity contribution in [1.29, 1.82) is 0 Å². The number of aryl methyl sites for hydroxylation is 1. The molecule has 0 saturated heterocycles. The predicted octanol–water partition coefficient (Wildman–Crippen LogP) is 3.98. The van der Waals surface area contributed by atoms with Gasteiger partial charge in [0.15, 0.2) is 0 Å². The fraction of sp³-hybridized carbons (Fsp3) is 0.450. The van der Waals surface area contributed by atoms with Crippen LogP contribution in [0.2, 0.25) is 0 Å². The smallest absolute Gasteiger partial charge is 0.253 e. The third kappa shape index (κ3) is 4.06. The zero-order chi connectivity index (χ0) is 17.7. The van der Waals surface area contributed by atoms with E-state index in [-0.39, 0.29) is 5.91 Å². The predicted molar refractivity (Wildman–Crippen MR) is 98.2 cm³/mol. The van der Waals surface area contributed by atoms with E-state index in [1.165, 1.54) is 5.56 Å². The molecule has 0 saturated carbocycles. The molecule has 0 atom stereocenters. The second-order valence-electron chi connectivity index (χ2n) is 6.32. The average Bonchev–Trinajstić information content (AvgIpc) is 2.86. The minimum Gasteiger partial charge on any atom is -0.380 e. The third-order valence-corrected chi connectivity index (χ3v) is 4.21. The molecule has 24 heavy (non-hydrogen) atoms. The van der Waals surface area contributed by atoms with E-state index < -0.39 is 0 Å². The minimum atomic E-state index is -0.0472. The van der Waals surface area contributed by atoms with Crippen molar-refractivity contribution in [1.82, 2.24) is 9.88 Å². The number of rotatable bonds is 7. The topological polar surface area (TPSA) is 43.3 Å². The van der Waals surface area contributed by atoms with Gasteiger partial charge in [-0.2, -0.15) is 0 Å². The normalized spacial score (nSPS) is 11.1. The number of hydrogen-bond donors (Lipinski definition) is 1. The van der Waals surface area contributed by atoms with Crippen molar-refractivity contribution in [2.24, 2.45) is 0 Å². The van der Waals surface area contributed by atoms with Crippen molar-refractivity contribution in [2.45, 2.75) is 40.5 Å². The van der Waals surface area contributed by atoms with Crippen molar-refractivity contribution in [3.05, 3.63) is 52.8 Å². The molecule has 4 heteroatoms. The Morgan fingerprint density at radius 3 is 2.67 bits per heavy atom. The molecule has 0 aliphatic heterocycles. The Morgan fingerprint density at radius 1 is 1.25 bits per heavy atom. The molecule has 0 aliphatic rings. The zero-order valence-electron chi connectivity index (χ0n) is 15.3. The molecule has 1 heterocycles. The lowest BCUT2D eigenvalue weighted by Crippen LogP contribution is -2.27. The van der Waals surface area contributed by atoms with Crippen molar-refractivity contribution in [2.75, 3.05) is 19.8 Å². The molecule has 0 spiro atoms. The molecule has 0 fully saturated rings. The Balaban J connectivity index is 2.26. The lowest BCUT2D eigenvalue weighted by atomic mass is 10.0. The first-order chi connectivity index (χ1) is 11.5. The van der Waals surface area contributed by atoms with Crippen molar-refractivity contribution < 1.29 is 9.53 Å². The summed E-state index contributed by atoms with van der Waals surface area (Å²) in [5, 5.41) is 2.92. The van der Waals surface area contributed by atoms with Gasteiger partial charge in [0.1, 0.15) is 0 Å². The van der Waals surface area contributed by atoms with E-state index in [0.29, 0.717) is 25.7 Å². The van der Waals surface area contributed by atoms with E-state index in [9.17, 15) is 4.79 Å². The first kappa shape index (κ1) is 18.3. The van der Waals surface area contributed by atoms with Gasteiger partial charge in [-0.15, -0.1) is 0 Å². The number of aromatic nitrogens is 1. The van der Waals surface area contributed by atoms with E-state index in [1.54, 1.807) is 0 Å². The summed E-state index contributed by atoms with van der Waals surface area (Å²) in [6.07, 6.45) is 0. The molecule has 1 N–H and O–H groups in total. The van der Waals surface area contributed by atoms with Crippen LogP contribution < -0.4 is 5.32 Å². The number of nitrogens with zero attached hydrogens (tertiary/aromatic N) is 1. The molecule has 1 aromatic heterocycles. The Labute approximate surface area is 144 Å². The highest BCUT2D eigenvalue weighted by atomic mass is 16.5. The monoisotopic (exact) mass is 328 g/mol. The average molecular weight is 328 g/mol. The number of amides is 1. The van der Waals surface area contributed by atoms with E-state index >= 15 is 0 Å². The summed E-state index contributed by atoms with van der Waals surface area (Å²) in [5.74, 6) is 0.427. The maximum Gasteiger partial charge on any atom is 0.253 e. The second-order valence-corrected chi connectivity index (χ2v) is 6.32. The maximum absolute atomic E-state index is 12.4. The Kier molecular flexibility index (Phi) is 6.21. The number of ether oxygens (including phenoxy) is 1. The summed E-state index contributed by atoms with van der Waals surface area (Å²) in [4.78, 5) is 12.4. The van der Waals surface area contributed by atoms with Gasteiger partial charge in [0.05, 0.1) is 12.2 Å². The Morgan fingerprint density at radius 2 is 2.00 bits per heavy atom. The Bertz CT molecular complexity index is 702. The van der Waals surface area contributed by atoms with Crippen LogP contribution in [-0.2, 0) is 4.74 Å². The summed E-state index contributed by atoms with van der Waals surface area (Å²) in [5.41, 5.74) is 5.14. The number of benzene rings is 1. The summed E-state index contributed by atoms with van der Waals surface area (Å²) in [6, 6.07) is 10.5. The molecular formula is C20H28N2O2. The number of carbonyl (C=O) groups excluding carboxylic acids is 1. The van der Waals surface area contributed by atoms with Gasteiger partial charge in [0.2, 0.25) is 0 Å². The van der Waals surface area contributed by atoms with Gasteiger partial charge in [-0.3, -0.25) is 4.79 Å². The van der Waals surface area contributed by atoms with E-state index in [1.807, 2.05) is 26.8 Å². The second kappa shape index (κ2) is 8.15. The third-order valence-electron chi connectivity index (χ3n) is 4.21. The van der Waals surface area contributed by atoms with Crippen LogP contribution in [-0.4, -0.2) is 30.2 Å². The fourth-order valence-corrected chi connectivity index (χ4v) is 2.89. The molecule has 2 aromatic rings. The summed E-state index contributed by atoms with van der Waals surface area (Å²) in [7, 11) is 0. The van der Waals surface area contributed by atoms with Gasteiger partial charge >= 0.3 is 0 Å². The summed E-state index contributed by atoms with van der Waals surface area (Å²) < 4.78 is 7.41. The standard InChI is InChI=1S/C20H28N2O2/c1-6-24-11-10-21-20(23)19-12-15(4)22(16(19)5)18-9-7-8-17(13-18)14(2)3/h7-9,12-14H,6,10-11H2,1-5H3,(H,21,23). The molecule has 4 nitrogen and oxygen atoms in total. The van der Waals surface area contributed by atoms with Gasteiger partial charge in [-0.1, -0.05) is 26.0 Å². The van der Waals surface area contributed by atoms with Gasteiger partial charge in [-0.05, 0) is 50.5 Å². The van der Waals surface area contributed by atoms with Gasteiger partial charge in [0, 0.05) is 30.2 Å². The van der Waals surface area contributed by atoms with Crippen LogP contribution in [0.1, 0.15) is 54.0 Å². The molecule has 130 valence electrons. The van der Waals surface area contributed by atoms with Crippen LogP contribution in [0.5, 0.6) is 0 Å². The minimum absolute atomic E-state index is 0.0472. The summed E-state index contributed by atoms with van der Waals surface area (Å²) in [6.45, 7) is 12.1. The van der Waals surface area contributed by atoms with Crippen LogP contribution in [0.15, 0.2) is 30.3 Å². The van der Waals surface area contributed by atoms with E-state index in [4.69, 9.17) is 4.74 Å². The first-order valence-electron chi connectivity index (χ1n) is 8.61. The molecule has 1 aromatic carbocycles. The highest BCUT2D eigenvalue weighted by Gasteiger charge is 2.16. The molecule has 0 unspecified atom stereocenters. The Hall–Kier alpha value is -2.07. The zero-order valence-corrected chi connectivity index (χ0v) is 15.3. The van der Waals surface area contributed by atoms with Crippen LogP contribution in [0.4, 0.5) is 0 Å². The van der Waals surface area contributed by atoms with Crippen LogP contribution in [0, 0.1) is 13.8 Å². The molecule has 2 rings (SSSR count). The lowest BCUT2D eigenvalue weighted by Gasteiger charge is -2.13. The summed E-state index contributed by atoms with van der Waals surface area (Å²) >= 11 is 0. The van der Waals surface area contributed by atoms with Gasteiger partial charge < -0.3 is 14.6 Å². The van der Waals surface area contributed by atoms with Crippen molar-refractivity contribution >= 4 is 5.91 Å². The van der Waals surface area contributed by atoms with Crippen LogP contribution in [0.3, 0.4) is 0 Å². The molecule has 0 aliphatic carbocycles. The SMILES string of the molecule is CCOCCNC(=O)c1cc(C)n(-c2cccc(C(C)C)c2)c1C. The number of carbonyl (C=O) groups is 1. The molecule has 0 bridgehead atoms. The largest absolute Gasteiger partial charge is 0.380 e. The highest BCUT2D eigenvalue weighted by Crippen LogP contribution is 2.24. The van der Waals surface area contributed by atoms with Crippen LogP contribution in [0.25, 0.3) is 5.69 Å². The van der Waals surface area contributed by atoms with Gasteiger partial charge in [-0.25, -0.2) is 0 Å². The maximum atomic E-state index is 12.4. The molecule has 0 radical (unpaired) electrons. The van der Waals surface area contributed by atoms with Crippen molar-refractivity contribution in [3.63, 3.8) is 0 Å². The quantitative estimate of drug-likeness (QED) is 0.781. The van der Waals surface area contributed by atoms with Crippen molar-refractivity contribution in [3.8, 4) is 5.69 Å². The fourth-order valence-electron chi connectivity index (χ4n) is 2.89. The van der Waals surface area contributed by atoms with E-state index in [2.05, 4.69) is 48.0 Å². The number of hydrogen-bond acceptors (Lipinski definition) is 2. The van der Waals surface area contributed by atoms with Crippen LogP contribution >= 0.6 is 0 Å². The first-order valence-corrected chi connectivity index (χ1v) is 8.61. The molecule has 1 amide bonds. The van der Waals surface area contributed by atoms with E-state index in [0.717, 1.165) is 22.6 Å². The number of nitrogens with one attached hydrogen (secondary N) is 1.